The first-order valence-electron chi connectivity index (χ1n) is 6.84. The minimum absolute atomic E-state index is 0.282. The van der Waals surface area contributed by atoms with E-state index in [4.69, 9.17) is 14.2 Å². The summed E-state index contributed by atoms with van der Waals surface area (Å²) < 4.78 is 16.9. The molecule has 2 rings (SSSR count). The Morgan fingerprint density at radius 3 is 1.90 bits per heavy atom. The number of hydrogen-bond donors (Lipinski definition) is 0. The number of para-hydroxylation sites is 1. The van der Waals surface area contributed by atoms with Gasteiger partial charge in [0.15, 0.2) is 0 Å². The van der Waals surface area contributed by atoms with E-state index in [0.717, 1.165) is 30.1 Å². The van der Waals surface area contributed by atoms with Crippen molar-refractivity contribution < 1.29 is 14.2 Å². The van der Waals surface area contributed by atoms with Crippen molar-refractivity contribution in [3.63, 3.8) is 0 Å². The van der Waals surface area contributed by atoms with Gasteiger partial charge < -0.3 is 14.2 Å². The minimum atomic E-state index is -0.282. The van der Waals surface area contributed by atoms with Gasteiger partial charge in [0.1, 0.15) is 17.2 Å². The van der Waals surface area contributed by atoms with Gasteiger partial charge in [-0.1, -0.05) is 25.1 Å². The molecule has 0 bridgehead atoms. The van der Waals surface area contributed by atoms with Crippen LogP contribution in [0.5, 0.6) is 17.2 Å². The smallest absolute Gasteiger partial charge is 0.241 e. The topological polar surface area (TPSA) is 27.7 Å². The summed E-state index contributed by atoms with van der Waals surface area (Å²) in [6.07, 6.45) is 1.55. The Bertz CT molecular complexity index is 493. The summed E-state index contributed by atoms with van der Waals surface area (Å²) in [6, 6.07) is 17.2. The van der Waals surface area contributed by atoms with E-state index in [-0.39, 0.29) is 6.29 Å². The average Bonchev–Trinajstić information content (AvgIpc) is 2.49. The zero-order chi connectivity index (χ0) is 14.2. The molecule has 0 N–H and O–H groups in total. The lowest BCUT2D eigenvalue weighted by molar-refractivity contribution is -0.00107. The largest absolute Gasteiger partial charge is 0.497 e. The second-order valence-electron chi connectivity index (χ2n) is 4.44. The molecule has 0 aliphatic carbocycles. The van der Waals surface area contributed by atoms with Crippen molar-refractivity contribution >= 4 is 0 Å². The minimum Gasteiger partial charge on any atom is -0.497 e. The van der Waals surface area contributed by atoms with Crippen molar-refractivity contribution in [3.05, 3.63) is 54.6 Å². The van der Waals surface area contributed by atoms with Gasteiger partial charge in [-0.15, -0.1) is 0 Å². The van der Waals surface area contributed by atoms with Gasteiger partial charge in [-0.05, 0) is 42.8 Å². The molecule has 0 aliphatic rings. The Kier molecular flexibility index (Phi) is 5.30. The van der Waals surface area contributed by atoms with Crippen molar-refractivity contribution in [1.29, 1.82) is 0 Å². The van der Waals surface area contributed by atoms with Crippen molar-refractivity contribution in [2.45, 2.75) is 26.1 Å². The van der Waals surface area contributed by atoms with Crippen molar-refractivity contribution in [3.8, 4) is 17.2 Å². The first-order valence-corrected chi connectivity index (χ1v) is 6.84. The summed E-state index contributed by atoms with van der Waals surface area (Å²) in [4.78, 5) is 0. The summed E-state index contributed by atoms with van der Waals surface area (Å²) in [5.41, 5.74) is 0. The van der Waals surface area contributed by atoms with E-state index in [9.17, 15) is 0 Å². The van der Waals surface area contributed by atoms with Crippen LogP contribution in [0.15, 0.2) is 54.6 Å². The Balaban J connectivity index is 2.00. The molecule has 0 amide bonds. The molecule has 0 fully saturated rings. The van der Waals surface area contributed by atoms with Gasteiger partial charge in [0, 0.05) is 6.42 Å². The third kappa shape index (κ3) is 4.19. The molecule has 106 valence electrons. The quantitative estimate of drug-likeness (QED) is 0.704. The summed E-state index contributed by atoms with van der Waals surface area (Å²) in [5.74, 6) is 2.41. The van der Waals surface area contributed by atoms with Crippen LogP contribution >= 0.6 is 0 Å². The van der Waals surface area contributed by atoms with E-state index < -0.39 is 0 Å². The molecule has 0 aromatic heterocycles. The molecule has 1 unspecified atom stereocenters. The predicted molar refractivity (Wildman–Crippen MR) is 79.4 cm³/mol. The number of hydrogen-bond acceptors (Lipinski definition) is 3. The average molecular weight is 272 g/mol. The molecule has 2 aromatic rings. The Morgan fingerprint density at radius 2 is 1.35 bits per heavy atom. The van der Waals surface area contributed by atoms with Crippen LogP contribution in [0.4, 0.5) is 0 Å². The van der Waals surface area contributed by atoms with Crippen LogP contribution in [0.25, 0.3) is 0 Å². The van der Waals surface area contributed by atoms with Gasteiger partial charge in [0.25, 0.3) is 0 Å². The summed E-state index contributed by atoms with van der Waals surface area (Å²) in [5, 5.41) is 0. The molecule has 0 aliphatic heterocycles. The number of methoxy groups -OCH3 is 1. The molecule has 0 saturated heterocycles. The van der Waals surface area contributed by atoms with E-state index in [2.05, 4.69) is 6.92 Å². The van der Waals surface area contributed by atoms with Crippen molar-refractivity contribution in [2.24, 2.45) is 0 Å². The van der Waals surface area contributed by atoms with E-state index >= 15 is 0 Å². The van der Waals surface area contributed by atoms with E-state index in [1.807, 2.05) is 54.6 Å². The van der Waals surface area contributed by atoms with Gasteiger partial charge in [-0.25, -0.2) is 0 Å². The highest BCUT2D eigenvalue weighted by molar-refractivity contribution is 5.31. The molecular formula is C17H20O3. The highest BCUT2D eigenvalue weighted by Gasteiger charge is 2.11. The Hall–Kier alpha value is -2.16. The van der Waals surface area contributed by atoms with Crippen LogP contribution in [0.1, 0.15) is 19.8 Å². The second-order valence-corrected chi connectivity index (χ2v) is 4.44. The van der Waals surface area contributed by atoms with Crippen LogP contribution in [0.2, 0.25) is 0 Å². The summed E-state index contributed by atoms with van der Waals surface area (Å²) in [6.45, 7) is 2.11. The van der Waals surface area contributed by atoms with Gasteiger partial charge in [0.05, 0.1) is 7.11 Å². The SMILES string of the molecule is CCCC(Oc1ccccc1)Oc1ccc(OC)cc1. The normalized spacial score (nSPS) is 11.7. The maximum Gasteiger partial charge on any atom is 0.241 e. The number of rotatable bonds is 7. The third-order valence-electron chi connectivity index (χ3n) is 2.86. The fraction of sp³-hybridized carbons (Fsp3) is 0.294. The fourth-order valence-corrected chi connectivity index (χ4v) is 1.83. The van der Waals surface area contributed by atoms with Gasteiger partial charge in [-0.2, -0.15) is 0 Å². The molecule has 0 radical (unpaired) electrons. The van der Waals surface area contributed by atoms with Crippen molar-refractivity contribution in [2.75, 3.05) is 7.11 Å². The number of ether oxygens (including phenoxy) is 3. The monoisotopic (exact) mass is 272 g/mol. The second kappa shape index (κ2) is 7.43. The highest BCUT2D eigenvalue weighted by Crippen LogP contribution is 2.21. The van der Waals surface area contributed by atoms with E-state index in [0.29, 0.717) is 0 Å². The molecule has 0 spiro atoms. The molecule has 0 heterocycles. The molecule has 0 saturated carbocycles. The number of benzene rings is 2. The molecule has 3 nitrogen and oxygen atoms in total. The standard InChI is InChI=1S/C17H20O3/c1-3-7-17(19-15-8-5-4-6-9-15)20-16-12-10-14(18-2)11-13-16/h4-6,8-13,17H,3,7H2,1-2H3. The Morgan fingerprint density at radius 1 is 0.800 bits per heavy atom. The van der Waals surface area contributed by atoms with Crippen molar-refractivity contribution in [1.82, 2.24) is 0 Å². The molecular weight excluding hydrogens is 252 g/mol. The lowest BCUT2D eigenvalue weighted by atomic mass is 10.3. The van der Waals surface area contributed by atoms with Crippen LogP contribution in [-0.4, -0.2) is 13.4 Å². The lowest BCUT2D eigenvalue weighted by Crippen LogP contribution is -2.23. The van der Waals surface area contributed by atoms with E-state index in [1.54, 1.807) is 7.11 Å². The van der Waals surface area contributed by atoms with Crippen LogP contribution in [0, 0.1) is 0 Å². The Labute approximate surface area is 120 Å². The summed E-state index contributed by atoms with van der Waals surface area (Å²) >= 11 is 0. The van der Waals surface area contributed by atoms with E-state index in [1.165, 1.54) is 0 Å². The van der Waals surface area contributed by atoms with Gasteiger partial charge in [-0.3, -0.25) is 0 Å². The molecule has 2 aromatic carbocycles. The van der Waals surface area contributed by atoms with Crippen LogP contribution in [0.3, 0.4) is 0 Å². The zero-order valence-electron chi connectivity index (χ0n) is 11.9. The first kappa shape index (κ1) is 14.3. The fourth-order valence-electron chi connectivity index (χ4n) is 1.83. The van der Waals surface area contributed by atoms with Crippen LogP contribution < -0.4 is 14.2 Å². The lowest BCUT2D eigenvalue weighted by Gasteiger charge is -2.20. The maximum absolute atomic E-state index is 5.88. The van der Waals surface area contributed by atoms with Gasteiger partial charge >= 0.3 is 0 Å². The third-order valence-corrected chi connectivity index (χ3v) is 2.86. The predicted octanol–water partition coefficient (Wildman–Crippen LogP) is 4.28. The first-order chi connectivity index (χ1) is 9.81. The van der Waals surface area contributed by atoms with Gasteiger partial charge in [0.2, 0.25) is 6.29 Å². The van der Waals surface area contributed by atoms with Crippen LogP contribution in [-0.2, 0) is 0 Å². The maximum atomic E-state index is 5.88. The molecule has 3 heteroatoms. The summed E-state index contributed by atoms with van der Waals surface area (Å²) in [7, 11) is 1.65. The highest BCUT2D eigenvalue weighted by atomic mass is 16.7. The molecule has 1 atom stereocenters. The molecule has 20 heavy (non-hydrogen) atoms. The zero-order valence-corrected chi connectivity index (χ0v) is 11.9.